The van der Waals surface area contributed by atoms with E-state index in [2.05, 4.69) is 15.1 Å². The van der Waals surface area contributed by atoms with Gasteiger partial charge in [0, 0.05) is 19.7 Å². The van der Waals surface area contributed by atoms with E-state index in [1.54, 1.807) is 6.07 Å². The molecule has 1 heterocycles. The Labute approximate surface area is 95.2 Å². The van der Waals surface area contributed by atoms with Crippen LogP contribution >= 0.6 is 11.6 Å². The van der Waals surface area contributed by atoms with Gasteiger partial charge in [0.05, 0.1) is 12.3 Å². The van der Waals surface area contributed by atoms with Crippen molar-refractivity contribution in [2.45, 2.75) is 13.5 Å². The zero-order valence-electron chi connectivity index (χ0n) is 9.11. The molecular formula is C10H16ClN3O. The standard InChI is InChI=1S/C10H16ClN3O/c1-3-15-7-6-14(2)8-9-4-5-10(11)13-12-9/h4-5H,3,6-8H2,1-2H3. The first-order valence-corrected chi connectivity index (χ1v) is 5.34. The summed E-state index contributed by atoms with van der Waals surface area (Å²) in [6, 6.07) is 3.63. The Morgan fingerprint density at radius 3 is 2.80 bits per heavy atom. The maximum atomic E-state index is 5.64. The van der Waals surface area contributed by atoms with Gasteiger partial charge in [-0.1, -0.05) is 11.6 Å². The van der Waals surface area contributed by atoms with Crippen molar-refractivity contribution in [3.8, 4) is 0 Å². The topological polar surface area (TPSA) is 38.2 Å². The van der Waals surface area contributed by atoms with Gasteiger partial charge in [-0.25, -0.2) is 0 Å². The first-order chi connectivity index (χ1) is 7.22. The molecule has 0 bridgehead atoms. The summed E-state index contributed by atoms with van der Waals surface area (Å²) in [4.78, 5) is 2.13. The van der Waals surface area contributed by atoms with Gasteiger partial charge in [0.1, 0.15) is 0 Å². The predicted molar refractivity (Wildman–Crippen MR) is 59.9 cm³/mol. The second kappa shape index (κ2) is 6.71. The molecule has 0 aliphatic heterocycles. The Morgan fingerprint density at radius 1 is 1.40 bits per heavy atom. The summed E-state index contributed by atoms with van der Waals surface area (Å²) in [6.07, 6.45) is 0. The van der Waals surface area contributed by atoms with Gasteiger partial charge in [0.2, 0.25) is 0 Å². The van der Waals surface area contributed by atoms with E-state index in [1.165, 1.54) is 0 Å². The van der Waals surface area contributed by atoms with Crippen molar-refractivity contribution in [3.05, 3.63) is 23.0 Å². The van der Waals surface area contributed by atoms with Crippen LogP contribution in [0.2, 0.25) is 5.15 Å². The Bertz CT molecular complexity index is 279. The van der Waals surface area contributed by atoms with Crippen LogP contribution in [0.4, 0.5) is 0 Å². The number of rotatable bonds is 6. The Balaban J connectivity index is 2.31. The highest BCUT2D eigenvalue weighted by Gasteiger charge is 2.01. The average Bonchev–Trinajstić information content (AvgIpc) is 2.22. The smallest absolute Gasteiger partial charge is 0.151 e. The number of aromatic nitrogens is 2. The van der Waals surface area contributed by atoms with Crippen LogP contribution in [0.1, 0.15) is 12.6 Å². The number of nitrogens with zero attached hydrogens (tertiary/aromatic N) is 3. The molecule has 15 heavy (non-hydrogen) atoms. The molecule has 5 heteroatoms. The quantitative estimate of drug-likeness (QED) is 0.695. The first kappa shape index (κ1) is 12.4. The van der Waals surface area contributed by atoms with Crippen molar-refractivity contribution in [1.82, 2.24) is 15.1 Å². The molecule has 84 valence electrons. The Morgan fingerprint density at radius 2 is 2.20 bits per heavy atom. The Kier molecular flexibility index (Phi) is 5.53. The minimum atomic E-state index is 0.427. The van der Waals surface area contributed by atoms with Gasteiger partial charge in [-0.15, -0.1) is 5.10 Å². The molecule has 0 aliphatic rings. The maximum Gasteiger partial charge on any atom is 0.151 e. The lowest BCUT2D eigenvalue weighted by molar-refractivity contribution is 0.120. The highest BCUT2D eigenvalue weighted by molar-refractivity contribution is 6.29. The third-order valence-electron chi connectivity index (χ3n) is 1.94. The number of ether oxygens (including phenoxy) is 1. The van der Waals surface area contributed by atoms with Crippen LogP contribution in [0.15, 0.2) is 12.1 Å². The lowest BCUT2D eigenvalue weighted by Gasteiger charge is -2.15. The minimum Gasteiger partial charge on any atom is -0.380 e. The van der Waals surface area contributed by atoms with E-state index in [4.69, 9.17) is 16.3 Å². The maximum absolute atomic E-state index is 5.64. The fourth-order valence-electron chi connectivity index (χ4n) is 1.15. The molecule has 0 aromatic carbocycles. The molecule has 0 unspecified atom stereocenters. The lowest BCUT2D eigenvalue weighted by atomic mass is 10.3. The molecule has 1 aromatic heterocycles. The minimum absolute atomic E-state index is 0.427. The van der Waals surface area contributed by atoms with Crippen molar-refractivity contribution in [2.75, 3.05) is 26.8 Å². The summed E-state index contributed by atoms with van der Waals surface area (Å²) in [5.74, 6) is 0. The molecule has 0 amide bonds. The molecule has 1 aromatic rings. The summed E-state index contributed by atoms with van der Waals surface area (Å²) in [5, 5.41) is 8.19. The van der Waals surface area contributed by atoms with E-state index >= 15 is 0 Å². The fourth-order valence-corrected chi connectivity index (χ4v) is 1.25. The second-order valence-electron chi connectivity index (χ2n) is 3.28. The van der Waals surface area contributed by atoms with Crippen LogP contribution in [0.25, 0.3) is 0 Å². The van der Waals surface area contributed by atoms with Crippen LogP contribution in [-0.2, 0) is 11.3 Å². The van der Waals surface area contributed by atoms with Crippen molar-refractivity contribution >= 4 is 11.6 Å². The number of likely N-dealkylation sites (N-methyl/N-ethyl adjacent to an activating group) is 1. The summed E-state index contributed by atoms with van der Waals surface area (Å²) >= 11 is 5.64. The van der Waals surface area contributed by atoms with Crippen LogP contribution < -0.4 is 0 Å². The predicted octanol–water partition coefficient (Wildman–Crippen LogP) is 1.60. The van der Waals surface area contributed by atoms with Gasteiger partial charge in [0.15, 0.2) is 5.15 Å². The van der Waals surface area contributed by atoms with Crippen molar-refractivity contribution < 1.29 is 4.74 Å². The van der Waals surface area contributed by atoms with Crippen LogP contribution in [0.5, 0.6) is 0 Å². The van der Waals surface area contributed by atoms with E-state index in [0.717, 1.165) is 32.0 Å². The van der Waals surface area contributed by atoms with Gasteiger partial charge >= 0.3 is 0 Å². The van der Waals surface area contributed by atoms with E-state index < -0.39 is 0 Å². The van der Waals surface area contributed by atoms with Gasteiger partial charge < -0.3 is 4.74 Å². The Hall–Kier alpha value is -0.710. The number of halogens is 1. The van der Waals surface area contributed by atoms with Crippen LogP contribution in [-0.4, -0.2) is 41.9 Å². The van der Waals surface area contributed by atoms with E-state index in [-0.39, 0.29) is 0 Å². The van der Waals surface area contributed by atoms with E-state index in [1.807, 2.05) is 20.0 Å². The summed E-state index contributed by atoms with van der Waals surface area (Å²) in [7, 11) is 2.02. The van der Waals surface area contributed by atoms with E-state index in [0.29, 0.717) is 5.15 Å². The van der Waals surface area contributed by atoms with Crippen molar-refractivity contribution in [1.29, 1.82) is 0 Å². The van der Waals surface area contributed by atoms with Gasteiger partial charge in [-0.3, -0.25) is 4.90 Å². The number of hydrogen-bond donors (Lipinski definition) is 0. The van der Waals surface area contributed by atoms with Crippen LogP contribution in [0.3, 0.4) is 0 Å². The molecule has 0 atom stereocenters. The molecule has 0 spiro atoms. The van der Waals surface area contributed by atoms with Crippen molar-refractivity contribution in [2.24, 2.45) is 0 Å². The summed E-state index contributed by atoms with van der Waals surface area (Å²) in [5.41, 5.74) is 0.915. The van der Waals surface area contributed by atoms with E-state index in [9.17, 15) is 0 Å². The third kappa shape index (κ3) is 5.06. The largest absolute Gasteiger partial charge is 0.380 e. The fraction of sp³-hybridized carbons (Fsp3) is 0.600. The zero-order chi connectivity index (χ0) is 11.1. The third-order valence-corrected chi connectivity index (χ3v) is 2.14. The van der Waals surface area contributed by atoms with Gasteiger partial charge in [0.25, 0.3) is 0 Å². The first-order valence-electron chi connectivity index (χ1n) is 4.96. The molecule has 0 fully saturated rings. The lowest BCUT2D eigenvalue weighted by Crippen LogP contribution is -2.23. The molecule has 0 aliphatic carbocycles. The van der Waals surface area contributed by atoms with Gasteiger partial charge in [-0.05, 0) is 26.1 Å². The molecule has 0 saturated heterocycles. The molecule has 0 saturated carbocycles. The summed E-state index contributed by atoms with van der Waals surface area (Å²) in [6.45, 7) is 5.14. The van der Waals surface area contributed by atoms with Gasteiger partial charge in [-0.2, -0.15) is 5.10 Å². The van der Waals surface area contributed by atoms with Crippen LogP contribution in [0, 0.1) is 0 Å². The monoisotopic (exact) mass is 229 g/mol. The average molecular weight is 230 g/mol. The molecular weight excluding hydrogens is 214 g/mol. The SMILES string of the molecule is CCOCCN(C)Cc1ccc(Cl)nn1. The highest BCUT2D eigenvalue weighted by Crippen LogP contribution is 2.03. The molecule has 4 nitrogen and oxygen atoms in total. The molecule has 0 radical (unpaired) electrons. The molecule has 0 N–H and O–H groups in total. The second-order valence-corrected chi connectivity index (χ2v) is 3.67. The highest BCUT2D eigenvalue weighted by atomic mass is 35.5. The zero-order valence-corrected chi connectivity index (χ0v) is 9.87. The van der Waals surface area contributed by atoms with Crippen molar-refractivity contribution in [3.63, 3.8) is 0 Å². The molecule has 1 rings (SSSR count). The number of hydrogen-bond acceptors (Lipinski definition) is 4. The summed E-state index contributed by atoms with van der Waals surface area (Å²) < 4.78 is 5.26. The normalized spacial score (nSPS) is 10.9.